The molecule has 0 saturated carbocycles. The van der Waals surface area contributed by atoms with Crippen molar-refractivity contribution in [2.75, 3.05) is 31.6 Å². The molecule has 2 aliphatic rings. The van der Waals surface area contributed by atoms with E-state index in [9.17, 15) is 18.0 Å². The Morgan fingerprint density at radius 2 is 1.69 bits per heavy atom. The largest absolute Gasteiger partial charge is 0.395 e. The van der Waals surface area contributed by atoms with Gasteiger partial charge in [-0.05, 0) is 37.1 Å². The number of nitrogens with zero attached hydrogens (tertiary/aromatic N) is 2. The molecule has 0 radical (unpaired) electrons. The molecule has 2 amide bonds. The van der Waals surface area contributed by atoms with Gasteiger partial charge in [-0.25, -0.2) is 8.42 Å². The van der Waals surface area contributed by atoms with Crippen molar-refractivity contribution in [2.24, 2.45) is 0 Å². The van der Waals surface area contributed by atoms with Crippen LogP contribution in [0.15, 0.2) is 40.9 Å². The fourth-order valence-corrected chi connectivity index (χ4v) is 4.55. The van der Waals surface area contributed by atoms with Crippen LogP contribution in [0.3, 0.4) is 0 Å². The van der Waals surface area contributed by atoms with Crippen LogP contribution >= 0.6 is 0 Å². The second kappa shape index (κ2) is 7.56. The predicted molar refractivity (Wildman–Crippen MR) is 94.6 cm³/mol. The van der Waals surface area contributed by atoms with Crippen molar-refractivity contribution in [1.29, 1.82) is 0 Å². The normalized spacial score (nSPS) is 19.0. The first-order valence-electron chi connectivity index (χ1n) is 8.49. The number of sulfonamides is 1. The van der Waals surface area contributed by atoms with Crippen LogP contribution < -0.4 is 5.32 Å². The fourth-order valence-electron chi connectivity index (χ4n) is 3.03. The van der Waals surface area contributed by atoms with Crippen molar-refractivity contribution in [3.8, 4) is 0 Å². The number of amides is 2. The molecule has 0 aromatic heterocycles. The average Bonchev–Trinajstić information content (AvgIpc) is 2.91. The van der Waals surface area contributed by atoms with Crippen LogP contribution in [0.4, 0.5) is 5.69 Å². The first kappa shape index (κ1) is 18.6. The molecule has 3 rings (SSSR count). The van der Waals surface area contributed by atoms with Crippen LogP contribution in [0.25, 0.3) is 0 Å². The number of carbonyl (C=O) groups excluding carboxylic acids is 2. The third-order valence-electron chi connectivity index (χ3n) is 4.42. The molecule has 9 heteroatoms. The lowest BCUT2D eigenvalue weighted by atomic mass is 10.2. The lowest BCUT2D eigenvalue weighted by molar-refractivity contribution is -0.137. The minimum Gasteiger partial charge on any atom is -0.395 e. The molecule has 26 heavy (non-hydrogen) atoms. The molecule has 0 unspecified atom stereocenters. The second-order valence-corrected chi connectivity index (χ2v) is 8.13. The Morgan fingerprint density at radius 1 is 1.04 bits per heavy atom. The van der Waals surface area contributed by atoms with Crippen LogP contribution in [-0.4, -0.2) is 60.8 Å². The maximum atomic E-state index is 12.6. The van der Waals surface area contributed by atoms with Crippen LogP contribution in [0, 0.1) is 0 Å². The van der Waals surface area contributed by atoms with Gasteiger partial charge in [0.2, 0.25) is 10.0 Å². The van der Waals surface area contributed by atoms with Gasteiger partial charge in [-0.1, -0.05) is 6.42 Å². The maximum Gasteiger partial charge on any atom is 0.277 e. The van der Waals surface area contributed by atoms with Crippen LogP contribution in [0.5, 0.6) is 0 Å². The van der Waals surface area contributed by atoms with Crippen LogP contribution in [0.2, 0.25) is 0 Å². The van der Waals surface area contributed by atoms with Gasteiger partial charge in [-0.15, -0.1) is 0 Å². The highest BCUT2D eigenvalue weighted by Crippen LogP contribution is 2.23. The van der Waals surface area contributed by atoms with Gasteiger partial charge >= 0.3 is 0 Å². The van der Waals surface area contributed by atoms with E-state index in [1.165, 1.54) is 16.4 Å². The van der Waals surface area contributed by atoms with Gasteiger partial charge in [0.1, 0.15) is 5.70 Å². The van der Waals surface area contributed by atoms with Crippen molar-refractivity contribution in [1.82, 2.24) is 9.21 Å². The molecule has 0 atom stereocenters. The van der Waals surface area contributed by atoms with Gasteiger partial charge in [0, 0.05) is 24.9 Å². The number of nitrogens with one attached hydrogen (secondary N) is 1. The Bertz CT molecular complexity index is 826. The molecule has 8 nitrogen and oxygen atoms in total. The lowest BCUT2D eigenvalue weighted by Crippen LogP contribution is -2.35. The van der Waals surface area contributed by atoms with E-state index in [-0.39, 0.29) is 23.7 Å². The van der Waals surface area contributed by atoms with Crippen molar-refractivity contribution in [3.63, 3.8) is 0 Å². The zero-order valence-corrected chi connectivity index (χ0v) is 15.0. The molecule has 0 aliphatic carbocycles. The molecule has 1 fully saturated rings. The number of benzene rings is 1. The maximum absolute atomic E-state index is 12.6. The minimum atomic E-state index is -3.51. The van der Waals surface area contributed by atoms with E-state index < -0.39 is 21.8 Å². The number of hydrogen-bond donors (Lipinski definition) is 2. The first-order chi connectivity index (χ1) is 12.4. The molecule has 0 bridgehead atoms. The molecule has 1 aromatic rings. The van der Waals surface area contributed by atoms with Crippen molar-refractivity contribution < 1.29 is 23.1 Å². The monoisotopic (exact) mass is 379 g/mol. The number of aliphatic hydroxyl groups is 1. The third-order valence-corrected chi connectivity index (χ3v) is 6.33. The zero-order chi connectivity index (χ0) is 18.7. The number of anilines is 1. The van der Waals surface area contributed by atoms with E-state index >= 15 is 0 Å². The molecule has 2 heterocycles. The van der Waals surface area contributed by atoms with Crippen LogP contribution in [0.1, 0.15) is 19.3 Å². The van der Waals surface area contributed by atoms with Gasteiger partial charge in [0.25, 0.3) is 11.8 Å². The minimum absolute atomic E-state index is 0.0631. The smallest absolute Gasteiger partial charge is 0.277 e. The summed E-state index contributed by atoms with van der Waals surface area (Å²) in [6.45, 7) is 0.701. The van der Waals surface area contributed by atoms with Gasteiger partial charge in [-0.3, -0.25) is 14.5 Å². The second-order valence-electron chi connectivity index (χ2n) is 6.19. The Balaban J connectivity index is 1.71. The van der Waals surface area contributed by atoms with E-state index in [1.54, 1.807) is 12.1 Å². The fraction of sp³-hybridized carbons (Fsp3) is 0.412. The number of aliphatic hydroxyl groups excluding tert-OH is 1. The van der Waals surface area contributed by atoms with E-state index in [1.807, 2.05) is 0 Å². The van der Waals surface area contributed by atoms with E-state index in [0.29, 0.717) is 18.8 Å². The number of imide groups is 1. The summed E-state index contributed by atoms with van der Waals surface area (Å²) in [7, 11) is -3.51. The van der Waals surface area contributed by atoms with E-state index in [4.69, 9.17) is 5.11 Å². The SMILES string of the molecule is O=C1C=C(Nc2ccc(S(=O)(=O)N3CCCCC3)cc2)C(=O)N1CCO. The summed E-state index contributed by atoms with van der Waals surface area (Å²) < 4.78 is 26.7. The van der Waals surface area contributed by atoms with Crippen molar-refractivity contribution >= 4 is 27.5 Å². The molecule has 140 valence electrons. The van der Waals surface area contributed by atoms with Gasteiger partial charge in [0.05, 0.1) is 18.0 Å². The predicted octanol–water partition coefficient (Wildman–Crippen LogP) is 0.518. The molecular formula is C17H21N3O5S. The Morgan fingerprint density at radius 3 is 2.31 bits per heavy atom. The summed E-state index contributed by atoms with van der Waals surface area (Å²) in [6.07, 6.45) is 3.95. The molecule has 1 aromatic carbocycles. The van der Waals surface area contributed by atoms with Gasteiger partial charge in [-0.2, -0.15) is 4.31 Å². The molecular weight excluding hydrogens is 358 g/mol. The highest BCUT2D eigenvalue weighted by Gasteiger charge is 2.31. The number of hydrogen-bond acceptors (Lipinski definition) is 6. The molecule has 1 saturated heterocycles. The molecule has 0 spiro atoms. The zero-order valence-electron chi connectivity index (χ0n) is 14.2. The summed E-state index contributed by atoms with van der Waals surface area (Å²) in [5.41, 5.74) is 0.593. The standard InChI is InChI=1S/C17H21N3O5S/c21-11-10-20-16(22)12-15(17(20)23)18-13-4-6-14(7-5-13)26(24,25)19-8-2-1-3-9-19/h4-7,12,18,21H,1-3,8-11H2. The number of piperidine rings is 1. The third kappa shape index (κ3) is 3.64. The Hall–Kier alpha value is -2.23. The topological polar surface area (TPSA) is 107 Å². The van der Waals surface area contributed by atoms with Gasteiger partial charge < -0.3 is 10.4 Å². The first-order valence-corrected chi connectivity index (χ1v) is 9.93. The van der Waals surface area contributed by atoms with Crippen molar-refractivity contribution in [2.45, 2.75) is 24.2 Å². The summed E-state index contributed by atoms with van der Waals surface area (Å²) in [6, 6.07) is 6.09. The summed E-state index contributed by atoms with van der Waals surface area (Å²) in [5, 5.41) is 11.7. The average molecular weight is 379 g/mol. The number of rotatable bonds is 6. The molecule has 2 N–H and O–H groups in total. The summed E-state index contributed by atoms with van der Waals surface area (Å²) in [5.74, 6) is -1.01. The number of β-amino-alcohol motifs (C(OH)–C–C–N with tert-alkyl or cyclic N) is 1. The summed E-state index contributed by atoms with van der Waals surface area (Å²) >= 11 is 0. The lowest BCUT2D eigenvalue weighted by Gasteiger charge is -2.25. The van der Waals surface area contributed by atoms with Crippen molar-refractivity contribution in [3.05, 3.63) is 36.0 Å². The summed E-state index contributed by atoms with van der Waals surface area (Å²) in [4.78, 5) is 25.0. The quantitative estimate of drug-likeness (QED) is 0.698. The highest BCUT2D eigenvalue weighted by molar-refractivity contribution is 7.89. The Labute approximate surface area is 152 Å². The molecule has 2 aliphatic heterocycles. The highest BCUT2D eigenvalue weighted by atomic mass is 32.2. The van der Waals surface area contributed by atoms with E-state index in [0.717, 1.165) is 30.2 Å². The van der Waals surface area contributed by atoms with E-state index in [2.05, 4.69) is 5.32 Å². The van der Waals surface area contributed by atoms with Gasteiger partial charge in [0.15, 0.2) is 0 Å². The Kier molecular flexibility index (Phi) is 5.40. The number of carbonyl (C=O) groups is 2. The van der Waals surface area contributed by atoms with Crippen LogP contribution in [-0.2, 0) is 19.6 Å².